The minimum Gasteiger partial charge on any atom is -0.464 e. The van der Waals surface area contributed by atoms with Gasteiger partial charge in [0, 0.05) is 19.6 Å². The maximum absolute atomic E-state index is 11.0. The number of rotatable bonds is 6. The van der Waals surface area contributed by atoms with Crippen molar-refractivity contribution in [3.8, 4) is 0 Å². The number of esters is 1. The molecule has 92 valence electrons. The van der Waals surface area contributed by atoms with Gasteiger partial charge in [-0.15, -0.1) is 0 Å². The molecule has 1 saturated heterocycles. The summed E-state index contributed by atoms with van der Waals surface area (Å²) in [4.78, 5) is 23.9. The number of nitrogens with one attached hydrogen (secondary N) is 1. The van der Waals surface area contributed by atoms with Crippen LogP contribution in [0.2, 0.25) is 0 Å². The van der Waals surface area contributed by atoms with Crippen molar-refractivity contribution in [2.75, 3.05) is 46.0 Å². The van der Waals surface area contributed by atoms with Crippen LogP contribution < -0.4 is 5.32 Å². The van der Waals surface area contributed by atoms with Gasteiger partial charge in [-0.05, 0) is 6.92 Å². The molecule has 6 heteroatoms. The van der Waals surface area contributed by atoms with Crippen molar-refractivity contribution in [3.05, 3.63) is 0 Å². The average Bonchev–Trinajstić information content (AvgIpc) is 2.25. The minimum absolute atomic E-state index is 0.0200. The monoisotopic (exact) mass is 230 g/mol. The molecular weight excluding hydrogens is 212 g/mol. The maximum Gasteiger partial charge on any atom is 0.332 e. The van der Waals surface area contributed by atoms with Crippen LogP contribution in [0.1, 0.15) is 6.92 Å². The second-order valence-corrected chi connectivity index (χ2v) is 3.48. The molecule has 0 aromatic heterocycles. The molecule has 1 rings (SSSR count). The van der Waals surface area contributed by atoms with E-state index in [0.29, 0.717) is 32.8 Å². The zero-order chi connectivity index (χ0) is 11.8. The van der Waals surface area contributed by atoms with Gasteiger partial charge in [0.25, 0.3) is 0 Å². The number of carbonyl (C=O) groups is 2. The lowest BCUT2D eigenvalue weighted by molar-refractivity contribution is -0.148. The zero-order valence-electron chi connectivity index (χ0n) is 9.53. The highest BCUT2D eigenvalue weighted by Gasteiger charge is 2.15. The predicted octanol–water partition coefficient (Wildman–Crippen LogP) is -1.00. The van der Waals surface area contributed by atoms with Gasteiger partial charge in [0.2, 0.25) is 5.91 Å². The van der Waals surface area contributed by atoms with Crippen LogP contribution in [-0.2, 0) is 19.1 Å². The summed E-state index contributed by atoms with van der Waals surface area (Å²) in [5.74, 6) is -0.310. The summed E-state index contributed by atoms with van der Waals surface area (Å²) in [6.45, 7) is 5.11. The van der Waals surface area contributed by atoms with Crippen LogP contribution in [0.25, 0.3) is 0 Å². The van der Waals surface area contributed by atoms with Gasteiger partial charge in [0.15, 0.2) is 0 Å². The summed E-state index contributed by atoms with van der Waals surface area (Å²) in [6, 6.07) is 0. The summed E-state index contributed by atoms with van der Waals surface area (Å²) >= 11 is 0. The van der Waals surface area contributed by atoms with Crippen molar-refractivity contribution >= 4 is 11.9 Å². The Morgan fingerprint density at radius 3 is 3.06 bits per heavy atom. The molecule has 0 radical (unpaired) electrons. The zero-order valence-corrected chi connectivity index (χ0v) is 9.53. The third-order valence-corrected chi connectivity index (χ3v) is 2.19. The molecule has 1 aliphatic heterocycles. The van der Waals surface area contributed by atoms with Gasteiger partial charge in [0.05, 0.1) is 19.8 Å². The molecule has 1 N–H and O–H groups in total. The van der Waals surface area contributed by atoms with E-state index >= 15 is 0 Å². The van der Waals surface area contributed by atoms with Crippen molar-refractivity contribution in [2.45, 2.75) is 6.92 Å². The number of hydrogen-bond donors (Lipinski definition) is 1. The molecule has 1 heterocycles. The normalized spacial score (nSPS) is 16.9. The van der Waals surface area contributed by atoms with Gasteiger partial charge in [-0.1, -0.05) is 0 Å². The molecule has 0 aromatic carbocycles. The topological polar surface area (TPSA) is 67.9 Å². The Morgan fingerprint density at radius 2 is 2.38 bits per heavy atom. The van der Waals surface area contributed by atoms with Gasteiger partial charge < -0.3 is 14.8 Å². The fourth-order valence-corrected chi connectivity index (χ4v) is 1.43. The lowest BCUT2D eigenvalue weighted by Gasteiger charge is -2.25. The molecule has 16 heavy (non-hydrogen) atoms. The highest BCUT2D eigenvalue weighted by molar-refractivity contribution is 5.78. The Morgan fingerprint density at radius 1 is 1.56 bits per heavy atom. The van der Waals surface area contributed by atoms with Crippen LogP contribution in [0.3, 0.4) is 0 Å². The van der Waals surface area contributed by atoms with Gasteiger partial charge in [-0.25, -0.2) is 4.79 Å². The van der Waals surface area contributed by atoms with Crippen LogP contribution in [-0.4, -0.2) is 62.8 Å². The summed E-state index contributed by atoms with van der Waals surface area (Å²) < 4.78 is 9.85. The van der Waals surface area contributed by atoms with Crippen LogP contribution in [0.4, 0.5) is 0 Å². The third kappa shape index (κ3) is 5.09. The van der Waals surface area contributed by atoms with E-state index in [0.717, 1.165) is 6.54 Å². The second-order valence-electron chi connectivity index (χ2n) is 3.48. The molecule has 1 aliphatic rings. The Balaban J connectivity index is 2.02. The van der Waals surface area contributed by atoms with E-state index in [2.05, 4.69) is 5.32 Å². The van der Waals surface area contributed by atoms with Crippen molar-refractivity contribution in [1.82, 2.24) is 10.2 Å². The Kier molecular flexibility index (Phi) is 5.81. The van der Waals surface area contributed by atoms with Gasteiger partial charge in [-0.3, -0.25) is 9.69 Å². The van der Waals surface area contributed by atoms with E-state index in [-0.39, 0.29) is 18.5 Å². The van der Waals surface area contributed by atoms with Crippen LogP contribution in [0, 0.1) is 0 Å². The quantitative estimate of drug-likeness (QED) is 0.468. The molecule has 1 fully saturated rings. The third-order valence-electron chi connectivity index (χ3n) is 2.19. The molecule has 0 spiro atoms. The standard InChI is InChI=1S/C10H18N2O4/c1-2-16-10(14)8-15-6-5-12-4-3-11-9(13)7-12/h2-8H2,1H3,(H,11,13). The summed E-state index contributed by atoms with van der Waals surface area (Å²) in [7, 11) is 0. The average molecular weight is 230 g/mol. The number of carbonyl (C=O) groups excluding carboxylic acids is 2. The SMILES string of the molecule is CCOC(=O)COCCN1CCNC(=O)C1. The number of ether oxygens (including phenoxy) is 2. The van der Waals surface area contributed by atoms with E-state index in [9.17, 15) is 9.59 Å². The second kappa shape index (κ2) is 7.19. The van der Waals surface area contributed by atoms with Crippen molar-refractivity contribution in [1.29, 1.82) is 0 Å². The van der Waals surface area contributed by atoms with Gasteiger partial charge in [0.1, 0.15) is 6.61 Å². The van der Waals surface area contributed by atoms with Gasteiger partial charge in [-0.2, -0.15) is 0 Å². The first kappa shape index (κ1) is 12.9. The van der Waals surface area contributed by atoms with E-state index < -0.39 is 0 Å². The lowest BCUT2D eigenvalue weighted by Crippen LogP contribution is -2.48. The van der Waals surface area contributed by atoms with Gasteiger partial charge >= 0.3 is 5.97 Å². The van der Waals surface area contributed by atoms with E-state index in [1.165, 1.54) is 0 Å². The molecule has 0 unspecified atom stereocenters. The fraction of sp³-hybridized carbons (Fsp3) is 0.800. The summed E-state index contributed by atoms with van der Waals surface area (Å²) in [5, 5.41) is 2.74. The molecule has 0 saturated carbocycles. The Labute approximate surface area is 94.9 Å². The Bertz CT molecular complexity index is 245. The van der Waals surface area contributed by atoms with Crippen molar-refractivity contribution in [3.63, 3.8) is 0 Å². The van der Waals surface area contributed by atoms with E-state index in [1.54, 1.807) is 6.92 Å². The number of nitrogens with zero attached hydrogens (tertiary/aromatic N) is 1. The van der Waals surface area contributed by atoms with Crippen LogP contribution in [0.15, 0.2) is 0 Å². The lowest BCUT2D eigenvalue weighted by atomic mass is 10.3. The Hall–Kier alpha value is -1.14. The largest absolute Gasteiger partial charge is 0.464 e. The molecule has 6 nitrogen and oxygen atoms in total. The van der Waals surface area contributed by atoms with Crippen molar-refractivity contribution < 1.29 is 19.1 Å². The minimum atomic E-state index is -0.348. The number of amides is 1. The highest BCUT2D eigenvalue weighted by Crippen LogP contribution is 1.93. The first-order valence-electron chi connectivity index (χ1n) is 5.44. The smallest absolute Gasteiger partial charge is 0.332 e. The highest BCUT2D eigenvalue weighted by atomic mass is 16.6. The molecule has 0 atom stereocenters. The molecule has 0 bridgehead atoms. The number of piperazine rings is 1. The fourth-order valence-electron chi connectivity index (χ4n) is 1.43. The van der Waals surface area contributed by atoms with E-state index in [4.69, 9.17) is 9.47 Å². The maximum atomic E-state index is 11.0. The predicted molar refractivity (Wildman–Crippen MR) is 56.9 cm³/mol. The summed E-state index contributed by atoms with van der Waals surface area (Å²) in [5.41, 5.74) is 0. The molecule has 0 aromatic rings. The molecule has 1 amide bonds. The molecule has 0 aliphatic carbocycles. The number of hydrogen-bond acceptors (Lipinski definition) is 5. The van der Waals surface area contributed by atoms with Crippen molar-refractivity contribution in [2.24, 2.45) is 0 Å². The van der Waals surface area contributed by atoms with Crippen LogP contribution in [0.5, 0.6) is 0 Å². The first-order chi connectivity index (χ1) is 7.72. The van der Waals surface area contributed by atoms with E-state index in [1.807, 2.05) is 4.90 Å². The molecular formula is C10H18N2O4. The van der Waals surface area contributed by atoms with Crippen LogP contribution >= 0.6 is 0 Å². The first-order valence-corrected chi connectivity index (χ1v) is 5.44. The summed E-state index contributed by atoms with van der Waals surface area (Å²) in [6.07, 6.45) is 0.